The molecule has 0 bridgehead atoms. The van der Waals surface area contributed by atoms with Gasteiger partial charge in [0.05, 0.1) is 18.4 Å². The van der Waals surface area contributed by atoms with Gasteiger partial charge in [-0.3, -0.25) is 0 Å². The molecule has 0 spiro atoms. The van der Waals surface area contributed by atoms with E-state index in [1.165, 1.54) is 0 Å². The summed E-state index contributed by atoms with van der Waals surface area (Å²) < 4.78 is 0. The fraction of sp³-hybridized carbons (Fsp3) is 0.375. The van der Waals surface area contributed by atoms with Crippen LogP contribution in [0.3, 0.4) is 0 Å². The van der Waals surface area contributed by atoms with E-state index in [0.29, 0.717) is 12.8 Å². The summed E-state index contributed by atoms with van der Waals surface area (Å²) in [6, 6.07) is 7.82. The maximum atomic E-state index is 9.59. The lowest BCUT2D eigenvalue weighted by Crippen LogP contribution is -2.47. The minimum absolute atomic E-state index is 0. The highest BCUT2D eigenvalue weighted by Crippen LogP contribution is 2.26. The first-order chi connectivity index (χ1) is 9.02. The van der Waals surface area contributed by atoms with Gasteiger partial charge in [0.15, 0.2) is 0 Å². The molecule has 0 radical (unpaired) electrons. The second-order valence-electron chi connectivity index (χ2n) is 5.01. The van der Waals surface area contributed by atoms with Gasteiger partial charge < -0.3 is 21.7 Å². The standard InChI is InChI=1S/C15H20N2O2.CH4/c16-15(17)7-5-11(6-8-15)14-4-2-1-3-12(14)9-13(19)10-18;/h1-7,13,18-19H,8-10,16-17H2;1H4. The summed E-state index contributed by atoms with van der Waals surface area (Å²) in [4.78, 5) is 0. The summed E-state index contributed by atoms with van der Waals surface area (Å²) in [5.41, 5.74) is 14.0. The number of aliphatic hydroxyl groups is 2. The maximum absolute atomic E-state index is 9.59. The molecular formula is C16H24N2O2. The van der Waals surface area contributed by atoms with Crippen LogP contribution in [0.4, 0.5) is 0 Å². The van der Waals surface area contributed by atoms with Crippen LogP contribution in [0.5, 0.6) is 0 Å². The normalized spacial score (nSPS) is 18.1. The number of hydrogen-bond acceptors (Lipinski definition) is 4. The highest BCUT2D eigenvalue weighted by atomic mass is 16.3. The monoisotopic (exact) mass is 276 g/mol. The second-order valence-corrected chi connectivity index (χ2v) is 5.01. The minimum atomic E-state index is -0.775. The van der Waals surface area contributed by atoms with Gasteiger partial charge in [-0.15, -0.1) is 0 Å². The lowest BCUT2D eigenvalue weighted by atomic mass is 9.90. The molecule has 1 aromatic carbocycles. The Hall–Kier alpha value is -1.46. The first-order valence-electron chi connectivity index (χ1n) is 6.36. The van der Waals surface area contributed by atoms with Crippen molar-refractivity contribution in [1.29, 1.82) is 0 Å². The Morgan fingerprint density at radius 2 is 1.95 bits per heavy atom. The zero-order chi connectivity index (χ0) is 13.9. The Bertz CT molecular complexity index is 507. The van der Waals surface area contributed by atoms with Gasteiger partial charge in [0, 0.05) is 12.8 Å². The van der Waals surface area contributed by atoms with Gasteiger partial charge in [-0.2, -0.15) is 0 Å². The van der Waals surface area contributed by atoms with Crippen LogP contribution in [-0.4, -0.2) is 28.6 Å². The van der Waals surface area contributed by atoms with Gasteiger partial charge in [0.25, 0.3) is 0 Å². The molecule has 1 aliphatic carbocycles. The molecule has 0 heterocycles. The van der Waals surface area contributed by atoms with Crippen molar-refractivity contribution in [2.24, 2.45) is 11.5 Å². The number of nitrogens with two attached hydrogens (primary N) is 2. The molecule has 0 amide bonds. The summed E-state index contributed by atoms with van der Waals surface area (Å²) in [7, 11) is 0. The predicted molar refractivity (Wildman–Crippen MR) is 82.8 cm³/mol. The Labute approximate surface area is 120 Å². The van der Waals surface area contributed by atoms with Gasteiger partial charge in [-0.05, 0) is 22.8 Å². The fourth-order valence-corrected chi connectivity index (χ4v) is 2.17. The van der Waals surface area contributed by atoms with Crippen molar-refractivity contribution < 1.29 is 10.2 Å². The van der Waals surface area contributed by atoms with Crippen LogP contribution < -0.4 is 11.5 Å². The van der Waals surface area contributed by atoms with E-state index in [-0.39, 0.29) is 14.0 Å². The average molecular weight is 276 g/mol. The van der Waals surface area contributed by atoms with E-state index < -0.39 is 11.8 Å². The smallest absolute Gasteiger partial charge is 0.0867 e. The third kappa shape index (κ3) is 4.02. The molecule has 0 saturated carbocycles. The number of benzene rings is 1. The molecule has 4 nitrogen and oxygen atoms in total. The van der Waals surface area contributed by atoms with E-state index in [4.69, 9.17) is 16.6 Å². The number of hydrogen-bond donors (Lipinski definition) is 4. The van der Waals surface area contributed by atoms with Crippen LogP contribution in [-0.2, 0) is 6.42 Å². The van der Waals surface area contributed by atoms with Crippen molar-refractivity contribution in [3.63, 3.8) is 0 Å². The van der Waals surface area contributed by atoms with Gasteiger partial charge >= 0.3 is 0 Å². The lowest BCUT2D eigenvalue weighted by molar-refractivity contribution is 0.0954. The van der Waals surface area contributed by atoms with Gasteiger partial charge in [0.2, 0.25) is 0 Å². The highest BCUT2D eigenvalue weighted by molar-refractivity contribution is 5.77. The summed E-state index contributed by atoms with van der Waals surface area (Å²) in [6.07, 6.45) is 5.97. The first-order valence-corrected chi connectivity index (χ1v) is 6.36. The molecule has 110 valence electrons. The molecule has 0 aromatic heterocycles. The average Bonchev–Trinajstić information content (AvgIpc) is 2.39. The van der Waals surface area contributed by atoms with Crippen molar-refractivity contribution in [2.45, 2.75) is 32.0 Å². The molecule has 1 aromatic rings. The fourth-order valence-electron chi connectivity index (χ4n) is 2.17. The summed E-state index contributed by atoms with van der Waals surface area (Å²) >= 11 is 0. The van der Waals surface area contributed by atoms with Gasteiger partial charge in [0.1, 0.15) is 0 Å². The summed E-state index contributed by atoms with van der Waals surface area (Å²) in [6.45, 7) is -0.238. The highest BCUT2D eigenvalue weighted by Gasteiger charge is 2.18. The van der Waals surface area contributed by atoms with Crippen molar-refractivity contribution in [3.8, 4) is 0 Å². The van der Waals surface area contributed by atoms with E-state index in [1.54, 1.807) is 6.08 Å². The van der Waals surface area contributed by atoms with E-state index in [9.17, 15) is 5.11 Å². The van der Waals surface area contributed by atoms with Crippen LogP contribution in [0.2, 0.25) is 0 Å². The number of aliphatic hydroxyl groups excluding tert-OH is 2. The van der Waals surface area contributed by atoms with Crippen molar-refractivity contribution >= 4 is 5.57 Å². The Morgan fingerprint density at radius 3 is 2.55 bits per heavy atom. The molecule has 0 saturated heterocycles. The third-order valence-electron chi connectivity index (χ3n) is 3.24. The molecule has 20 heavy (non-hydrogen) atoms. The molecule has 1 aliphatic rings. The molecule has 1 unspecified atom stereocenters. The van der Waals surface area contributed by atoms with E-state index >= 15 is 0 Å². The molecular weight excluding hydrogens is 252 g/mol. The van der Waals surface area contributed by atoms with E-state index in [2.05, 4.69) is 0 Å². The summed E-state index contributed by atoms with van der Waals surface area (Å²) in [5, 5.41) is 18.5. The van der Waals surface area contributed by atoms with Crippen molar-refractivity contribution in [3.05, 3.63) is 53.6 Å². The molecule has 4 heteroatoms. The van der Waals surface area contributed by atoms with Crippen molar-refractivity contribution in [1.82, 2.24) is 0 Å². The third-order valence-corrected chi connectivity index (χ3v) is 3.24. The van der Waals surface area contributed by atoms with Crippen LogP contribution >= 0.6 is 0 Å². The predicted octanol–water partition coefficient (Wildman–Crippen LogP) is 1.18. The zero-order valence-corrected chi connectivity index (χ0v) is 10.8. The Balaban J connectivity index is 0.00000200. The zero-order valence-electron chi connectivity index (χ0n) is 10.8. The Kier molecular flexibility index (Phi) is 5.65. The van der Waals surface area contributed by atoms with Crippen LogP contribution in [0, 0.1) is 0 Å². The van der Waals surface area contributed by atoms with E-state index in [0.717, 1.165) is 16.7 Å². The second kappa shape index (κ2) is 6.81. The molecule has 0 fully saturated rings. The van der Waals surface area contributed by atoms with Gasteiger partial charge in [-0.25, -0.2) is 0 Å². The topological polar surface area (TPSA) is 92.5 Å². The number of allylic oxidation sites excluding steroid dienone is 2. The quantitative estimate of drug-likeness (QED) is 0.621. The largest absolute Gasteiger partial charge is 0.394 e. The van der Waals surface area contributed by atoms with Crippen LogP contribution in [0.15, 0.2) is 42.5 Å². The number of rotatable bonds is 4. The Morgan fingerprint density at radius 1 is 1.25 bits per heavy atom. The molecule has 2 rings (SSSR count). The van der Waals surface area contributed by atoms with Crippen LogP contribution in [0.1, 0.15) is 25.0 Å². The lowest BCUT2D eigenvalue weighted by Gasteiger charge is -2.23. The SMILES string of the molecule is C.NC1(N)C=CC(c2ccccc2CC(O)CO)=CC1. The molecule has 1 atom stereocenters. The molecule has 6 N–H and O–H groups in total. The minimum Gasteiger partial charge on any atom is -0.394 e. The summed E-state index contributed by atoms with van der Waals surface area (Å²) in [5.74, 6) is 0. The van der Waals surface area contributed by atoms with Crippen LogP contribution in [0.25, 0.3) is 5.57 Å². The van der Waals surface area contributed by atoms with E-state index in [1.807, 2.05) is 36.4 Å². The van der Waals surface area contributed by atoms with Gasteiger partial charge in [-0.1, -0.05) is 43.8 Å². The first kappa shape index (κ1) is 16.6. The van der Waals surface area contributed by atoms with Crippen molar-refractivity contribution in [2.75, 3.05) is 6.61 Å². The molecule has 0 aliphatic heterocycles. The maximum Gasteiger partial charge on any atom is 0.0867 e.